The minimum Gasteiger partial charge on any atom is -0.338 e. The molecule has 0 aliphatic carbocycles. The monoisotopic (exact) mass is 180 g/mol. The normalized spacial score (nSPS) is 17.6. The van der Waals surface area contributed by atoms with Gasteiger partial charge in [0.1, 0.15) is 0 Å². The fraction of sp³-hybridized carbons (Fsp3) is 0.500. The van der Waals surface area contributed by atoms with Crippen molar-refractivity contribution in [2.75, 3.05) is 13.1 Å². The molecule has 0 atom stereocenters. The highest BCUT2D eigenvalue weighted by molar-refractivity contribution is 5.77. The highest BCUT2D eigenvalue weighted by Crippen LogP contribution is 2.08. The number of allylic oxidation sites excluding steroid dienone is 2. The average molecular weight is 180 g/mol. The maximum atomic E-state index is 11.3. The van der Waals surface area contributed by atoms with Gasteiger partial charge in [-0.05, 0) is 18.9 Å². The predicted octanol–water partition coefficient (Wildman–Crippen LogP) is 1.88. The van der Waals surface area contributed by atoms with E-state index in [4.69, 9.17) is 0 Å². The van der Waals surface area contributed by atoms with Gasteiger partial charge in [0.15, 0.2) is 0 Å². The van der Waals surface area contributed by atoms with Crippen LogP contribution in [-0.2, 0) is 0 Å². The number of urea groups is 1. The van der Waals surface area contributed by atoms with Crippen molar-refractivity contribution in [2.45, 2.75) is 19.8 Å². The van der Waals surface area contributed by atoms with Crippen molar-refractivity contribution < 1.29 is 4.79 Å². The summed E-state index contributed by atoms with van der Waals surface area (Å²) in [6.07, 6.45) is 5.86. The van der Waals surface area contributed by atoms with Crippen LogP contribution < -0.4 is 5.32 Å². The molecule has 0 aromatic carbocycles. The topological polar surface area (TPSA) is 32.3 Å². The molecular formula is C10H16N2O. The summed E-state index contributed by atoms with van der Waals surface area (Å²) in [6.45, 7) is 7.45. The van der Waals surface area contributed by atoms with E-state index in [1.807, 2.05) is 12.2 Å². The van der Waals surface area contributed by atoms with Gasteiger partial charge in [0.25, 0.3) is 0 Å². The van der Waals surface area contributed by atoms with Gasteiger partial charge in [0, 0.05) is 18.8 Å². The maximum absolute atomic E-state index is 11.3. The number of rotatable bonds is 3. The number of nitrogens with zero attached hydrogens (tertiary/aromatic N) is 1. The van der Waals surface area contributed by atoms with Gasteiger partial charge in [-0.1, -0.05) is 19.6 Å². The lowest BCUT2D eigenvalue weighted by molar-refractivity contribution is 0.203. The first kappa shape index (κ1) is 9.84. The van der Waals surface area contributed by atoms with Crippen LogP contribution in [0.15, 0.2) is 24.4 Å². The van der Waals surface area contributed by atoms with Crippen LogP contribution in [0.5, 0.6) is 0 Å². The Morgan fingerprint density at radius 2 is 2.54 bits per heavy atom. The summed E-state index contributed by atoms with van der Waals surface area (Å²) in [5.41, 5.74) is 0.777. The molecule has 3 nitrogen and oxygen atoms in total. The second-order valence-corrected chi connectivity index (χ2v) is 3.04. The molecule has 1 N–H and O–H groups in total. The molecule has 1 fully saturated rings. The Kier molecular flexibility index (Phi) is 3.55. The Morgan fingerprint density at radius 3 is 3.15 bits per heavy atom. The maximum Gasteiger partial charge on any atom is 0.321 e. The number of amides is 2. The van der Waals surface area contributed by atoms with E-state index in [1.165, 1.54) is 0 Å². The van der Waals surface area contributed by atoms with Gasteiger partial charge in [-0.3, -0.25) is 4.90 Å². The second-order valence-electron chi connectivity index (χ2n) is 3.04. The van der Waals surface area contributed by atoms with Gasteiger partial charge in [-0.15, -0.1) is 0 Å². The van der Waals surface area contributed by atoms with E-state index in [9.17, 15) is 4.79 Å². The lowest BCUT2D eigenvalue weighted by atomic mass is 10.2. The molecule has 0 unspecified atom stereocenters. The molecule has 0 aromatic heterocycles. The van der Waals surface area contributed by atoms with E-state index < -0.39 is 0 Å². The highest BCUT2D eigenvalue weighted by Gasteiger charge is 2.17. The van der Waals surface area contributed by atoms with Crippen molar-refractivity contribution in [3.05, 3.63) is 24.4 Å². The molecular weight excluding hydrogens is 164 g/mol. The van der Waals surface area contributed by atoms with Crippen molar-refractivity contribution in [3.63, 3.8) is 0 Å². The smallest absolute Gasteiger partial charge is 0.321 e. The quantitative estimate of drug-likeness (QED) is 0.661. The van der Waals surface area contributed by atoms with Crippen molar-refractivity contribution in [1.82, 2.24) is 10.2 Å². The molecule has 2 amide bonds. The Hall–Kier alpha value is -1.25. The van der Waals surface area contributed by atoms with E-state index in [0.29, 0.717) is 0 Å². The molecule has 72 valence electrons. The van der Waals surface area contributed by atoms with Crippen LogP contribution >= 0.6 is 0 Å². The van der Waals surface area contributed by atoms with E-state index in [1.54, 1.807) is 4.90 Å². The molecule has 0 saturated carbocycles. The molecule has 0 bridgehead atoms. The fourth-order valence-electron chi connectivity index (χ4n) is 1.25. The number of hydrogen-bond acceptors (Lipinski definition) is 1. The van der Waals surface area contributed by atoms with Crippen molar-refractivity contribution in [2.24, 2.45) is 0 Å². The fourth-order valence-corrected chi connectivity index (χ4v) is 1.25. The van der Waals surface area contributed by atoms with E-state index in [0.717, 1.165) is 31.6 Å². The third-order valence-corrected chi connectivity index (χ3v) is 1.97. The van der Waals surface area contributed by atoms with Gasteiger partial charge in [-0.2, -0.15) is 0 Å². The highest BCUT2D eigenvalue weighted by atomic mass is 16.2. The first-order valence-corrected chi connectivity index (χ1v) is 4.66. The summed E-state index contributed by atoms with van der Waals surface area (Å²) in [5, 5.41) is 2.78. The van der Waals surface area contributed by atoms with E-state index in [-0.39, 0.29) is 6.03 Å². The minimum absolute atomic E-state index is 0.0306. The standard InChI is InChI=1S/C10H16N2O/c1-3-4-6-9(2)12-8-5-7-11-10(12)13/h4,6H,2-3,5,7-8H2,1H3,(H,11,13)/b6-4-. The molecule has 1 aliphatic heterocycles. The summed E-state index contributed by atoms with van der Waals surface area (Å²) in [5.74, 6) is 0. The number of carbonyl (C=O) groups is 1. The third kappa shape index (κ3) is 2.61. The Bertz CT molecular complexity index is 233. The summed E-state index contributed by atoms with van der Waals surface area (Å²) >= 11 is 0. The zero-order valence-corrected chi connectivity index (χ0v) is 8.05. The number of carbonyl (C=O) groups excluding carboxylic acids is 1. The minimum atomic E-state index is -0.0306. The zero-order chi connectivity index (χ0) is 9.68. The molecule has 1 rings (SSSR count). The summed E-state index contributed by atoms with van der Waals surface area (Å²) < 4.78 is 0. The van der Waals surface area contributed by atoms with Gasteiger partial charge in [-0.25, -0.2) is 4.79 Å². The third-order valence-electron chi connectivity index (χ3n) is 1.97. The Labute approximate surface area is 79.1 Å². The Morgan fingerprint density at radius 1 is 1.77 bits per heavy atom. The number of nitrogens with one attached hydrogen (secondary N) is 1. The van der Waals surface area contributed by atoms with Crippen LogP contribution in [0.25, 0.3) is 0 Å². The second kappa shape index (κ2) is 4.70. The summed E-state index contributed by atoms with van der Waals surface area (Å²) in [4.78, 5) is 13.0. The Balaban J connectivity index is 2.53. The van der Waals surface area contributed by atoms with Crippen molar-refractivity contribution in [3.8, 4) is 0 Å². The zero-order valence-electron chi connectivity index (χ0n) is 8.05. The first-order chi connectivity index (χ1) is 6.25. The SMILES string of the molecule is C=C(/C=C\CC)N1CCCNC1=O. The average Bonchev–Trinajstić information content (AvgIpc) is 2.15. The summed E-state index contributed by atoms with van der Waals surface area (Å²) in [7, 11) is 0. The lowest BCUT2D eigenvalue weighted by Gasteiger charge is -2.27. The van der Waals surface area contributed by atoms with Crippen molar-refractivity contribution >= 4 is 6.03 Å². The predicted molar refractivity (Wildman–Crippen MR) is 53.3 cm³/mol. The van der Waals surface area contributed by atoms with Gasteiger partial charge in [0.05, 0.1) is 0 Å². The molecule has 13 heavy (non-hydrogen) atoms. The molecule has 3 heteroatoms. The molecule has 1 heterocycles. The van der Waals surface area contributed by atoms with Gasteiger partial charge in [0.2, 0.25) is 0 Å². The summed E-state index contributed by atoms with van der Waals surface area (Å²) in [6, 6.07) is -0.0306. The van der Waals surface area contributed by atoms with E-state index in [2.05, 4.69) is 18.8 Å². The molecule has 1 aliphatic rings. The van der Waals surface area contributed by atoms with Gasteiger partial charge >= 0.3 is 6.03 Å². The van der Waals surface area contributed by atoms with Crippen LogP contribution in [0.3, 0.4) is 0 Å². The lowest BCUT2D eigenvalue weighted by Crippen LogP contribution is -2.45. The molecule has 0 aromatic rings. The largest absolute Gasteiger partial charge is 0.338 e. The van der Waals surface area contributed by atoms with Crippen molar-refractivity contribution in [1.29, 1.82) is 0 Å². The van der Waals surface area contributed by atoms with E-state index >= 15 is 0 Å². The molecule has 0 radical (unpaired) electrons. The van der Waals surface area contributed by atoms with Crippen LogP contribution in [-0.4, -0.2) is 24.0 Å². The van der Waals surface area contributed by atoms with Crippen LogP contribution in [0.1, 0.15) is 19.8 Å². The molecule has 0 spiro atoms. The van der Waals surface area contributed by atoms with Crippen LogP contribution in [0, 0.1) is 0 Å². The van der Waals surface area contributed by atoms with Crippen LogP contribution in [0.2, 0.25) is 0 Å². The number of hydrogen-bond donors (Lipinski definition) is 1. The van der Waals surface area contributed by atoms with Gasteiger partial charge < -0.3 is 5.32 Å². The first-order valence-electron chi connectivity index (χ1n) is 4.66. The molecule has 1 saturated heterocycles. The van der Waals surface area contributed by atoms with Crippen LogP contribution in [0.4, 0.5) is 4.79 Å².